The Kier molecular flexibility index (Phi) is 7.38. The summed E-state index contributed by atoms with van der Waals surface area (Å²) in [5, 5.41) is 2.13. The van der Waals surface area contributed by atoms with E-state index < -0.39 is 26.7 Å². The van der Waals surface area contributed by atoms with Crippen molar-refractivity contribution in [1.29, 1.82) is 0 Å². The summed E-state index contributed by atoms with van der Waals surface area (Å²) in [5.74, 6) is -0.864. The van der Waals surface area contributed by atoms with E-state index in [1.54, 1.807) is 6.92 Å². The van der Waals surface area contributed by atoms with Crippen molar-refractivity contribution < 1.29 is 13.2 Å². The molecule has 1 amide bonds. The minimum Gasteiger partial charge on any atom is -0.353 e. The lowest BCUT2D eigenvalue weighted by molar-refractivity contribution is -0.119. The van der Waals surface area contributed by atoms with Crippen molar-refractivity contribution in [3.05, 3.63) is 0 Å². The van der Waals surface area contributed by atoms with E-state index in [2.05, 4.69) is 5.32 Å². The van der Waals surface area contributed by atoms with Gasteiger partial charge in [-0.2, -0.15) is 0 Å². The molecule has 2 unspecified atom stereocenters. The van der Waals surface area contributed by atoms with E-state index in [9.17, 15) is 13.2 Å². The van der Waals surface area contributed by atoms with Gasteiger partial charge in [0.1, 0.15) is 5.75 Å². The molecule has 17 heavy (non-hydrogen) atoms. The molecule has 0 fully saturated rings. The van der Waals surface area contributed by atoms with Crippen molar-refractivity contribution >= 4 is 15.7 Å². The number of hydrogen-bond acceptors (Lipinski definition) is 4. The van der Waals surface area contributed by atoms with Crippen LogP contribution in [0.4, 0.5) is 0 Å². The molecule has 0 aromatic heterocycles. The van der Waals surface area contributed by atoms with Crippen LogP contribution in [-0.4, -0.2) is 37.9 Å². The fourth-order valence-electron chi connectivity index (χ4n) is 1.56. The Morgan fingerprint density at radius 3 is 2.35 bits per heavy atom. The van der Waals surface area contributed by atoms with E-state index in [-0.39, 0.29) is 6.04 Å². The molecule has 0 heterocycles. The molecular weight excluding hydrogens is 240 g/mol. The molecule has 5 nitrogen and oxygen atoms in total. The molecule has 2 atom stereocenters. The third-order valence-electron chi connectivity index (χ3n) is 2.65. The summed E-state index contributed by atoms with van der Waals surface area (Å²) in [6.07, 6.45) is 2.20. The van der Waals surface area contributed by atoms with E-state index in [0.717, 1.165) is 12.8 Å². The van der Waals surface area contributed by atoms with Crippen LogP contribution < -0.4 is 11.1 Å². The van der Waals surface area contributed by atoms with E-state index >= 15 is 0 Å². The Morgan fingerprint density at radius 1 is 1.29 bits per heavy atom. The van der Waals surface area contributed by atoms with E-state index in [0.29, 0.717) is 13.0 Å². The second-order valence-electron chi connectivity index (χ2n) is 4.45. The van der Waals surface area contributed by atoms with Crippen molar-refractivity contribution in [2.45, 2.75) is 51.3 Å². The number of amides is 1. The Morgan fingerprint density at radius 2 is 1.88 bits per heavy atom. The summed E-state index contributed by atoms with van der Waals surface area (Å²) in [6.45, 7) is 5.79. The zero-order chi connectivity index (χ0) is 13.5. The summed E-state index contributed by atoms with van der Waals surface area (Å²) in [4.78, 5) is 11.5. The van der Waals surface area contributed by atoms with Crippen molar-refractivity contribution in [3.8, 4) is 0 Å². The highest BCUT2D eigenvalue weighted by Crippen LogP contribution is 2.06. The van der Waals surface area contributed by atoms with Gasteiger partial charge in [-0.3, -0.25) is 4.79 Å². The van der Waals surface area contributed by atoms with Gasteiger partial charge >= 0.3 is 0 Å². The van der Waals surface area contributed by atoms with E-state index in [4.69, 9.17) is 5.73 Å². The predicted molar refractivity (Wildman–Crippen MR) is 69.4 cm³/mol. The molecule has 0 bridgehead atoms. The van der Waals surface area contributed by atoms with Gasteiger partial charge in [0.25, 0.3) is 0 Å². The van der Waals surface area contributed by atoms with E-state index in [1.165, 1.54) is 0 Å². The van der Waals surface area contributed by atoms with Gasteiger partial charge in [-0.25, -0.2) is 8.42 Å². The fourth-order valence-corrected chi connectivity index (χ4v) is 2.79. The van der Waals surface area contributed by atoms with Crippen LogP contribution in [0.15, 0.2) is 0 Å². The highest BCUT2D eigenvalue weighted by Gasteiger charge is 2.24. The molecule has 0 aromatic rings. The SMILES string of the molecule is CCCC(C)NC(=O)CS(=O)(=O)C(C)CCN. The van der Waals surface area contributed by atoms with Crippen LogP contribution in [-0.2, 0) is 14.6 Å². The highest BCUT2D eigenvalue weighted by molar-refractivity contribution is 7.92. The van der Waals surface area contributed by atoms with Crippen LogP contribution in [0.5, 0.6) is 0 Å². The molecule has 0 aliphatic heterocycles. The first-order valence-corrected chi connectivity index (χ1v) is 7.76. The van der Waals surface area contributed by atoms with Gasteiger partial charge in [0, 0.05) is 6.04 Å². The summed E-state index contributed by atoms with van der Waals surface area (Å²) in [5.41, 5.74) is 5.31. The minimum absolute atomic E-state index is 0.0208. The standard InChI is InChI=1S/C11H24N2O3S/c1-4-5-9(2)13-11(14)8-17(15,16)10(3)6-7-12/h9-10H,4-8,12H2,1-3H3,(H,13,14). The third kappa shape index (κ3) is 6.63. The third-order valence-corrected chi connectivity index (χ3v) is 4.77. The lowest BCUT2D eigenvalue weighted by atomic mass is 10.2. The topological polar surface area (TPSA) is 89.3 Å². The second kappa shape index (κ2) is 7.66. The average molecular weight is 264 g/mol. The normalized spacial score (nSPS) is 15.3. The second-order valence-corrected chi connectivity index (χ2v) is 6.87. The van der Waals surface area contributed by atoms with Crippen LogP contribution in [0.3, 0.4) is 0 Å². The van der Waals surface area contributed by atoms with Crippen LogP contribution in [0, 0.1) is 0 Å². The molecule has 0 saturated carbocycles. The van der Waals surface area contributed by atoms with Gasteiger partial charge in [-0.15, -0.1) is 0 Å². The zero-order valence-corrected chi connectivity index (χ0v) is 11.7. The smallest absolute Gasteiger partial charge is 0.235 e. The van der Waals surface area contributed by atoms with Crippen LogP contribution >= 0.6 is 0 Å². The van der Waals surface area contributed by atoms with Crippen molar-refractivity contribution in [2.24, 2.45) is 5.73 Å². The first-order chi connectivity index (χ1) is 7.83. The molecule has 0 aliphatic carbocycles. The maximum Gasteiger partial charge on any atom is 0.235 e. The molecule has 6 heteroatoms. The molecule has 0 aliphatic rings. The van der Waals surface area contributed by atoms with Gasteiger partial charge in [-0.05, 0) is 33.2 Å². The molecule has 0 aromatic carbocycles. The molecule has 102 valence electrons. The Bertz CT molecular complexity index is 328. The number of carbonyl (C=O) groups excluding carboxylic acids is 1. The fraction of sp³-hybridized carbons (Fsp3) is 0.909. The molecule has 0 radical (unpaired) electrons. The van der Waals surface area contributed by atoms with Gasteiger partial charge in [0.15, 0.2) is 9.84 Å². The van der Waals surface area contributed by atoms with Crippen LogP contribution in [0.25, 0.3) is 0 Å². The number of hydrogen-bond donors (Lipinski definition) is 2. The lowest BCUT2D eigenvalue weighted by Gasteiger charge is -2.15. The first-order valence-electron chi connectivity index (χ1n) is 6.04. The Labute approximate surface area is 104 Å². The maximum absolute atomic E-state index is 11.8. The lowest BCUT2D eigenvalue weighted by Crippen LogP contribution is -2.39. The van der Waals surface area contributed by atoms with E-state index in [1.807, 2.05) is 13.8 Å². The molecule has 0 saturated heterocycles. The van der Waals surface area contributed by atoms with Gasteiger partial charge in [0.05, 0.1) is 5.25 Å². The first kappa shape index (κ1) is 16.4. The monoisotopic (exact) mass is 264 g/mol. The summed E-state index contributed by atoms with van der Waals surface area (Å²) in [6, 6.07) is 0.0208. The predicted octanol–water partition coefficient (Wildman–Crippen LogP) is 0.443. The number of sulfone groups is 1. The number of rotatable bonds is 8. The average Bonchev–Trinajstić information content (AvgIpc) is 2.16. The quantitative estimate of drug-likeness (QED) is 0.666. The minimum atomic E-state index is -3.37. The number of nitrogens with one attached hydrogen (secondary N) is 1. The Hall–Kier alpha value is -0.620. The highest BCUT2D eigenvalue weighted by atomic mass is 32.2. The van der Waals surface area contributed by atoms with Crippen LogP contribution in [0.2, 0.25) is 0 Å². The summed E-state index contributed by atoms with van der Waals surface area (Å²) < 4.78 is 23.5. The Balaban J connectivity index is 4.28. The molecule has 3 N–H and O–H groups in total. The molecular formula is C11H24N2O3S. The maximum atomic E-state index is 11.8. The summed E-state index contributed by atoms with van der Waals surface area (Å²) in [7, 11) is -3.37. The largest absolute Gasteiger partial charge is 0.353 e. The van der Waals surface area contributed by atoms with Crippen molar-refractivity contribution in [2.75, 3.05) is 12.3 Å². The van der Waals surface area contributed by atoms with Crippen molar-refractivity contribution in [1.82, 2.24) is 5.32 Å². The van der Waals surface area contributed by atoms with Gasteiger partial charge in [0.2, 0.25) is 5.91 Å². The zero-order valence-electron chi connectivity index (χ0n) is 10.9. The van der Waals surface area contributed by atoms with Crippen molar-refractivity contribution in [3.63, 3.8) is 0 Å². The van der Waals surface area contributed by atoms with Gasteiger partial charge in [-0.1, -0.05) is 13.3 Å². The molecule has 0 rings (SSSR count). The number of carbonyl (C=O) groups is 1. The summed E-state index contributed by atoms with van der Waals surface area (Å²) >= 11 is 0. The van der Waals surface area contributed by atoms with Crippen LogP contribution in [0.1, 0.15) is 40.0 Å². The van der Waals surface area contributed by atoms with Gasteiger partial charge < -0.3 is 11.1 Å². The number of nitrogens with two attached hydrogens (primary N) is 1. The molecule has 0 spiro atoms.